The summed E-state index contributed by atoms with van der Waals surface area (Å²) in [6, 6.07) is 9.54. The van der Waals surface area contributed by atoms with E-state index < -0.39 is 76.1 Å². The Morgan fingerprint density at radius 2 is 1.67 bits per heavy atom. The van der Waals surface area contributed by atoms with Crippen LogP contribution in [0.2, 0.25) is 0 Å². The minimum absolute atomic E-state index is 0.0390. The predicted molar refractivity (Wildman–Crippen MR) is 175 cm³/mol. The first-order valence-electron chi connectivity index (χ1n) is 15.9. The monoisotopic (exact) mass is 661 g/mol. The predicted octanol–water partition coefficient (Wildman–Crippen LogP) is -0.278. The van der Waals surface area contributed by atoms with Crippen molar-refractivity contribution >= 4 is 40.6 Å². The topological polar surface area (TPSA) is 191 Å². The van der Waals surface area contributed by atoms with Crippen LogP contribution in [0.25, 0.3) is 0 Å². The molecular formula is C35H43N5O8. The number of phenolic OH excluding ortho intramolecular Hbond substituents is 1. The number of likely N-dealkylation sites (N-methyl/N-ethyl adjacent to an activating group) is 2. The molecule has 5 rings (SSSR count). The Labute approximate surface area is 279 Å². The van der Waals surface area contributed by atoms with Crippen molar-refractivity contribution in [3.05, 3.63) is 58.7 Å². The maximum atomic E-state index is 14.3. The molecule has 0 saturated heterocycles. The lowest BCUT2D eigenvalue weighted by molar-refractivity contribution is -0.181. The van der Waals surface area contributed by atoms with Gasteiger partial charge in [0.15, 0.2) is 34.7 Å². The Bertz CT molecular complexity index is 1690. The SMILES string of the molecule is CN(C)c1cc(CNC(=O)C(Cc2ccccc2)N(C)C)c(O)c2c1C[C@H]1C[C@H]3[C@H](N(C)C)C(=O)C(C(N)=O)C(=O)[C@@]3(O)C(=O)C1C2=O. The highest BCUT2D eigenvalue weighted by Crippen LogP contribution is 2.52. The van der Waals surface area contributed by atoms with E-state index in [1.165, 1.54) is 4.90 Å². The van der Waals surface area contributed by atoms with Crippen molar-refractivity contribution in [2.45, 2.75) is 43.5 Å². The molecule has 256 valence electrons. The van der Waals surface area contributed by atoms with E-state index in [0.717, 1.165) is 5.56 Å². The zero-order valence-electron chi connectivity index (χ0n) is 28.0. The molecule has 3 aliphatic rings. The summed E-state index contributed by atoms with van der Waals surface area (Å²) in [6.07, 6.45) is 0.546. The van der Waals surface area contributed by atoms with Crippen molar-refractivity contribution in [3.63, 3.8) is 0 Å². The van der Waals surface area contributed by atoms with E-state index in [-0.39, 0.29) is 36.4 Å². The second kappa shape index (κ2) is 12.9. The number of carbonyl (C=O) groups is 6. The zero-order chi connectivity index (χ0) is 35.4. The van der Waals surface area contributed by atoms with Gasteiger partial charge in [-0.15, -0.1) is 0 Å². The van der Waals surface area contributed by atoms with Gasteiger partial charge in [-0.1, -0.05) is 30.3 Å². The van der Waals surface area contributed by atoms with Crippen molar-refractivity contribution in [1.29, 1.82) is 0 Å². The maximum absolute atomic E-state index is 14.3. The number of rotatable bonds is 9. The summed E-state index contributed by atoms with van der Waals surface area (Å²) in [7, 11) is 10.2. The summed E-state index contributed by atoms with van der Waals surface area (Å²) in [4.78, 5) is 86.0. The Morgan fingerprint density at radius 1 is 1.02 bits per heavy atom. The molecule has 13 nitrogen and oxygen atoms in total. The number of anilines is 1. The van der Waals surface area contributed by atoms with Gasteiger partial charge < -0.3 is 26.2 Å². The number of hydrogen-bond acceptors (Lipinski definition) is 11. The van der Waals surface area contributed by atoms with Crippen LogP contribution in [-0.4, -0.2) is 115 Å². The third-order valence-corrected chi connectivity index (χ3v) is 10.2. The number of aromatic hydroxyl groups is 1. The minimum Gasteiger partial charge on any atom is -0.507 e. The highest BCUT2D eigenvalue weighted by molar-refractivity contribution is 6.32. The molecule has 7 atom stereocenters. The Kier molecular flexibility index (Phi) is 9.34. The molecule has 0 radical (unpaired) electrons. The first kappa shape index (κ1) is 34.9. The van der Waals surface area contributed by atoms with Crippen LogP contribution < -0.4 is 16.0 Å². The number of ketones is 4. The van der Waals surface area contributed by atoms with Crippen LogP contribution >= 0.6 is 0 Å². The molecule has 2 amide bonds. The van der Waals surface area contributed by atoms with Gasteiger partial charge in [-0.3, -0.25) is 38.6 Å². The van der Waals surface area contributed by atoms with Crippen molar-refractivity contribution in [2.75, 3.05) is 47.2 Å². The molecule has 2 fully saturated rings. The van der Waals surface area contributed by atoms with E-state index in [0.29, 0.717) is 17.7 Å². The first-order chi connectivity index (χ1) is 22.5. The molecule has 2 saturated carbocycles. The van der Waals surface area contributed by atoms with Gasteiger partial charge in [0, 0.05) is 37.8 Å². The number of nitrogens with one attached hydrogen (secondary N) is 1. The Hall–Kier alpha value is -4.46. The number of nitrogens with zero attached hydrogens (tertiary/aromatic N) is 3. The van der Waals surface area contributed by atoms with Crippen LogP contribution in [0.3, 0.4) is 0 Å². The number of hydrogen-bond donors (Lipinski definition) is 4. The van der Waals surface area contributed by atoms with Crippen molar-refractivity contribution in [3.8, 4) is 5.75 Å². The van der Waals surface area contributed by atoms with Crippen LogP contribution in [-0.2, 0) is 43.4 Å². The van der Waals surface area contributed by atoms with Crippen LogP contribution in [0.5, 0.6) is 5.75 Å². The second-order valence-electron chi connectivity index (χ2n) is 13.8. The van der Waals surface area contributed by atoms with Crippen molar-refractivity contribution < 1.29 is 39.0 Å². The van der Waals surface area contributed by atoms with E-state index in [4.69, 9.17) is 5.73 Å². The van der Waals surface area contributed by atoms with Crippen molar-refractivity contribution in [2.24, 2.45) is 29.4 Å². The smallest absolute Gasteiger partial charge is 0.237 e. The molecule has 5 N–H and O–H groups in total. The summed E-state index contributed by atoms with van der Waals surface area (Å²) in [5.41, 5.74) is 4.77. The number of phenols is 1. The fourth-order valence-corrected chi connectivity index (χ4v) is 7.89. The van der Waals surface area contributed by atoms with E-state index in [2.05, 4.69) is 5.32 Å². The number of primary amides is 1. The van der Waals surface area contributed by atoms with E-state index in [1.807, 2.05) is 30.3 Å². The molecule has 2 aromatic rings. The fourth-order valence-electron chi connectivity index (χ4n) is 7.89. The molecule has 0 heterocycles. The van der Waals surface area contributed by atoms with Gasteiger partial charge in [0.1, 0.15) is 5.75 Å². The summed E-state index contributed by atoms with van der Waals surface area (Å²) >= 11 is 0. The minimum atomic E-state index is -2.80. The highest BCUT2D eigenvalue weighted by Gasteiger charge is 2.69. The summed E-state index contributed by atoms with van der Waals surface area (Å²) in [6.45, 7) is -0.120. The normalized spacial score (nSPS) is 27.3. The van der Waals surface area contributed by atoms with Gasteiger partial charge >= 0.3 is 0 Å². The standard InChI is InChI=1S/C35H43N5O8/c1-38(2)22-15-19(16-37-34(47)23(39(3)4)12-17-10-8-7-9-11-17)28(41)25-20(22)13-18-14-21-27(40(5)6)30(43)26(33(36)46)32(45)35(21,48)31(44)24(18)29(25)42/h7-11,15,18,21,23-24,26-27,41,48H,12-14,16H2,1-6H3,(H2,36,46)(H,37,47)/t18-,21-,23?,24?,26?,27-,35-/m0/s1. The number of fused-ring (bicyclic) bond motifs is 3. The van der Waals surface area contributed by atoms with E-state index >= 15 is 0 Å². The number of amides is 2. The van der Waals surface area contributed by atoms with Gasteiger partial charge in [-0.25, -0.2) is 0 Å². The second-order valence-corrected chi connectivity index (χ2v) is 13.8. The quantitative estimate of drug-likeness (QED) is 0.259. The summed E-state index contributed by atoms with van der Waals surface area (Å²) < 4.78 is 0. The van der Waals surface area contributed by atoms with Gasteiger partial charge in [0.2, 0.25) is 11.8 Å². The molecule has 3 unspecified atom stereocenters. The maximum Gasteiger partial charge on any atom is 0.237 e. The van der Waals surface area contributed by atoms with Gasteiger partial charge in [-0.2, -0.15) is 0 Å². The fraction of sp³-hybridized carbons (Fsp3) is 0.486. The number of nitrogens with two attached hydrogens (primary N) is 1. The lowest BCUT2D eigenvalue weighted by Crippen LogP contribution is -2.74. The number of benzene rings is 2. The molecule has 13 heteroatoms. The molecule has 48 heavy (non-hydrogen) atoms. The van der Waals surface area contributed by atoms with Gasteiger partial charge in [-0.05, 0) is 70.6 Å². The first-order valence-corrected chi connectivity index (χ1v) is 15.9. The molecular weight excluding hydrogens is 618 g/mol. The molecule has 0 aromatic heterocycles. The molecule has 0 bridgehead atoms. The van der Waals surface area contributed by atoms with Crippen LogP contribution in [0.1, 0.15) is 33.5 Å². The third-order valence-electron chi connectivity index (χ3n) is 10.2. The average molecular weight is 662 g/mol. The van der Waals surface area contributed by atoms with Crippen molar-refractivity contribution in [1.82, 2.24) is 15.1 Å². The van der Waals surface area contributed by atoms with E-state index in [9.17, 15) is 39.0 Å². The lowest BCUT2D eigenvalue weighted by atomic mass is 9.52. The lowest BCUT2D eigenvalue weighted by Gasteiger charge is -2.52. The van der Waals surface area contributed by atoms with Crippen LogP contribution in [0, 0.1) is 23.7 Å². The van der Waals surface area contributed by atoms with Gasteiger partial charge in [0.25, 0.3) is 0 Å². The third kappa shape index (κ3) is 5.59. The molecule has 2 aromatic carbocycles. The molecule has 0 spiro atoms. The molecule has 0 aliphatic heterocycles. The summed E-state index contributed by atoms with van der Waals surface area (Å²) in [5.74, 6) is -11.4. The van der Waals surface area contributed by atoms with E-state index in [1.54, 1.807) is 58.2 Å². The Morgan fingerprint density at radius 3 is 2.23 bits per heavy atom. The number of carbonyl (C=O) groups excluding carboxylic acids is 6. The Balaban J connectivity index is 1.51. The number of Topliss-reactive ketones (excluding diaryl/α,β-unsaturated/α-hetero) is 4. The van der Waals surface area contributed by atoms with Gasteiger partial charge in [0.05, 0.1) is 23.6 Å². The van der Waals surface area contributed by atoms with Crippen LogP contribution in [0.15, 0.2) is 36.4 Å². The highest BCUT2D eigenvalue weighted by atomic mass is 16.3. The van der Waals surface area contributed by atoms with Crippen LogP contribution in [0.4, 0.5) is 5.69 Å². The largest absolute Gasteiger partial charge is 0.507 e. The summed E-state index contributed by atoms with van der Waals surface area (Å²) in [5, 5.41) is 26.3. The zero-order valence-corrected chi connectivity index (χ0v) is 28.0. The molecule has 3 aliphatic carbocycles. The number of aliphatic hydroxyl groups is 1. The average Bonchev–Trinajstić information content (AvgIpc) is 3.01.